The van der Waals surface area contributed by atoms with Gasteiger partial charge in [-0.3, -0.25) is 0 Å². The number of halogens is 2. The zero-order valence-corrected chi connectivity index (χ0v) is 35.3. The molecule has 9 rings (SSSR count). The first kappa shape index (κ1) is 37.4. The normalized spacial score (nSPS) is 16.3. The molecule has 2 aliphatic rings. The molecule has 0 radical (unpaired) electrons. The summed E-state index contributed by atoms with van der Waals surface area (Å²) in [6.45, 7) is 4.78. The first-order valence-electron chi connectivity index (χ1n) is 18.7. The van der Waals surface area contributed by atoms with E-state index in [2.05, 4.69) is 191 Å². The molecule has 0 amide bonds. The second kappa shape index (κ2) is 14.4. The first-order chi connectivity index (χ1) is 24.9. The predicted molar refractivity (Wildman–Crippen MR) is 236 cm³/mol. The van der Waals surface area contributed by atoms with Crippen LogP contribution in [0.3, 0.4) is 0 Å². The van der Waals surface area contributed by atoms with Gasteiger partial charge in [0.2, 0.25) is 0 Å². The molecular weight excluding hydrogens is 735 g/mol. The van der Waals surface area contributed by atoms with E-state index in [0.717, 1.165) is 12.8 Å². The van der Waals surface area contributed by atoms with Crippen molar-refractivity contribution in [1.82, 2.24) is 0 Å². The number of fused-ring (bicyclic) bond motifs is 4. The molecule has 2 aliphatic carbocycles. The van der Waals surface area contributed by atoms with Crippen LogP contribution in [-0.2, 0) is 14.0 Å². The third-order valence-electron chi connectivity index (χ3n) is 12.5. The van der Waals surface area contributed by atoms with Crippen LogP contribution in [0.15, 0.2) is 163 Å². The molecule has 264 valence electrons. The summed E-state index contributed by atoms with van der Waals surface area (Å²) in [5, 5.41) is 8.04. The minimum Gasteiger partial charge on any atom is -0.147 e. The molecule has 0 fully saturated rings. The molecule has 0 spiro atoms. The smallest absolute Gasteiger partial charge is 0.147 e. The van der Waals surface area contributed by atoms with Crippen LogP contribution >= 0.6 is 24.8 Å². The van der Waals surface area contributed by atoms with E-state index in [9.17, 15) is 0 Å². The fourth-order valence-electron chi connectivity index (χ4n) is 10.2. The molecule has 4 heteroatoms. The second-order valence-corrected chi connectivity index (χ2v) is 32.7. The Morgan fingerprint density at radius 2 is 0.830 bits per heavy atom. The van der Waals surface area contributed by atoms with Crippen molar-refractivity contribution in [2.24, 2.45) is 0 Å². The molecule has 7 aromatic carbocycles. The Kier molecular flexibility index (Phi) is 10.1. The van der Waals surface area contributed by atoms with Crippen LogP contribution in [0.1, 0.15) is 57.4 Å². The molecule has 53 heavy (non-hydrogen) atoms. The third-order valence-corrected chi connectivity index (χ3v) is 27.8. The van der Waals surface area contributed by atoms with Gasteiger partial charge in [-0.1, -0.05) is 0 Å². The minimum absolute atomic E-state index is 0. The Hall–Kier alpha value is -3.95. The van der Waals surface area contributed by atoms with Gasteiger partial charge in [0.1, 0.15) is 0 Å². The van der Waals surface area contributed by atoms with Crippen LogP contribution in [0, 0.1) is 0 Å². The molecule has 0 saturated carbocycles. The van der Waals surface area contributed by atoms with Gasteiger partial charge in [-0.15, -0.1) is 24.8 Å². The van der Waals surface area contributed by atoms with Gasteiger partial charge in [0.05, 0.1) is 0 Å². The maximum atomic E-state index is 2.80. The minimum atomic E-state index is -3.96. The number of allylic oxidation sites excluding steroid dienone is 2. The van der Waals surface area contributed by atoms with E-state index in [0.29, 0.717) is 8.45 Å². The quantitative estimate of drug-likeness (QED) is 0.141. The molecule has 0 aromatic heterocycles. The number of hydrogen-bond acceptors (Lipinski definition) is 0. The van der Waals surface area contributed by atoms with E-state index in [1.54, 1.807) is 15.0 Å². The van der Waals surface area contributed by atoms with Crippen LogP contribution in [0.25, 0.3) is 56.0 Å². The monoisotopic (exact) mass is 780 g/mol. The Bertz CT molecular complexity index is 2480. The zero-order valence-electron chi connectivity index (χ0n) is 30.7. The summed E-state index contributed by atoms with van der Waals surface area (Å²) < 4.78 is 2.35. The average Bonchev–Trinajstić information content (AvgIpc) is 3.78. The van der Waals surface area contributed by atoms with Gasteiger partial charge in [0, 0.05) is 0 Å². The van der Waals surface area contributed by atoms with Crippen molar-refractivity contribution in [2.75, 3.05) is 0 Å². The van der Waals surface area contributed by atoms with E-state index in [1.807, 2.05) is 0 Å². The molecule has 0 nitrogen and oxygen atoms in total. The van der Waals surface area contributed by atoms with Gasteiger partial charge in [-0.25, -0.2) is 0 Å². The van der Waals surface area contributed by atoms with Crippen LogP contribution in [0.5, 0.6) is 0 Å². The fraction of sp³-hybridized carbons (Fsp3) is 0.143. The van der Waals surface area contributed by atoms with Crippen LogP contribution in [-0.4, -0.2) is 7.63 Å². The maximum absolute atomic E-state index is 3.96. The largest absolute Gasteiger partial charge is 0.147 e. The van der Waals surface area contributed by atoms with E-state index in [1.165, 1.54) is 66.1 Å². The number of benzene rings is 7. The standard InChI is InChI=1S/2C21H17.C6H5.CH3.2ClH.H2Si.Ti/c2*1-2-15-13-17-9-6-12-20(21(17)14-15)19-11-5-8-16-7-3-4-10-18(16)19;1-2-4-6-5-3-1;;;;;/h2*3-14H,2H2,1H3;1-5H;1H3;2*1H;1H2;. The van der Waals surface area contributed by atoms with Gasteiger partial charge in [0.15, 0.2) is 0 Å². The first-order valence-corrected chi connectivity index (χ1v) is 26.8. The van der Waals surface area contributed by atoms with Gasteiger partial charge >= 0.3 is 307 Å². The maximum Gasteiger partial charge on any atom is -0.147 e. The molecule has 0 heterocycles. The molecule has 0 saturated heterocycles. The fourth-order valence-corrected chi connectivity index (χ4v) is 26.2. The molecule has 0 bridgehead atoms. The van der Waals surface area contributed by atoms with E-state index in [4.69, 9.17) is 0 Å². The third kappa shape index (κ3) is 5.67. The predicted octanol–water partition coefficient (Wildman–Crippen LogP) is 13.2. The van der Waals surface area contributed by atoms with Crippen molar-refractivity contribution in [2.45, 2.75) is 40.4 Å². The summed E-state index contributed by atoms with van der Waals surface area (Å²) in [7, 11) is 2.46. The van der Waals surface area contributed by atoms with Crippen molar-refractivity contribution in [3.05, 3.63) is 185 Å². The summed E-state index contributed by atoms with van der Waals surface area (Å²) in [5.74, 6) is 0. The van der Waals surface area contributed by atoms with Crippen molar-refractivity contribution in [3.63, 3.8) is 0 Å². The number of hydrogen-bond donors (Lipinski definition) is 0. The topological polar surface area (TPSA) is 0 Å². The van der Waals surface area contributed by atoms with Crippen LogP contribution < -0.4 is 3.87 Å². The van der Waals surface area contributed by atoms with E-state index < -0.39 is 14.0 Å². The summed E-state index contributed by atoms with van der Waals surface area (Å²) in [6, 6.07) is 57.5. The SMILES string of the molecule is CCC1=Cc2c(-c3cccc4ccccc34)cccc2[CH]1[Ti]([CH3])(=[SiH2])([c]1ccccc1)[CH]1C(CC)=Cc2c(-c3cccc4ccccc34)cccc21.Cl.Cl. The van der Waals surface area contributed by atoms with E-state index >= 15 is 0 Å². The second-order valence-electron chi connectivity index (χ2n) is 15.3. The Morgan fingerprint density at radius 3 is 1.28 bits per heavy atom. The molecule has 2 atom stereocenters. The molecule has 0 N–H and O–H groups in total. The Morgan fingerprint density at radius 1 is 0.453 bits per heavy atom. The zero-order chi connectivity index (χ0) is 34.8. The summed E-state index contributed by atoms with van der Waals surface area (Å²) in [6.07, 6.45) is 7.32. The molecule has 7 aromatic rings. The van der Waals surface area contributed by atoms with Gasteiger partial charge in [-0.05, 0) is 0 Å². The molecule has 0 aliphatic heterocycles. The van der Waals surface area contributed by atoms with Crippen molar-refractivity contribution >= 4 is 70.0 Å². The number of rotatable bonds is 7. The molecular formula is C49H46Cl2SiTi. The van der Waals surface area contributed by atoms with Crippen molar-refractivity contribution in [3.8, 4) is 22.3 Å². The Balaban J connectivity index is 0.00000218. The summed E-state index contributed by atoms with van der Waals surface area (Å²) in [5.41, 5.74) is 14.5. The van der Waals surface area contributed by atoms with Crippen molar-refractivity contribution < 1.29 is 14.0 Å². The van der Waals surface area contributed by atoms with E-state index in [-0.39, 0.29) is 24.8 Å². The summed E-state index contributed by atoms with van der Waals surface area (Å²) >= 11 is -3.96. The van der Waals surface area contributed by atoms with Crippen molar-refractivity contribution in [1.29, 1.82) is 0 Å². The average molecular weight is 782 g/mol. The van der Waals surface area contributed by atoms with Gasteiger partial charge in [0.25, 0.3) is 0 Å². The summed E-state index contributed by atoms with van der Waals surface area (Å²) in [4.78, 5) is 0. The molecule has 2 unspecified atom stereocenters. The van der Waals surface area contributed by atoms with Gasteiger partial charge in [-0.2, -0.15) is 0 Å². The van der Waals surface area contributed by atoms with Gasteiger partial charge < -0.3 is 0 Å². The van der Waals surface area contributed by atoms with Crippen LogP contribution in [0.2, 0.25) is 5.23 Å². The van der Waals surface area contributed by atoms with Crippen LogP contribution in [0.4, 0.5) is 0 Å². The Labute approximate surface area is 329 Å².